The average molecular weight is 283 g/mol. The Balaban J connectivity index is 0. The summed E-state index contributed by atoms with van der Waals surface area (Å²) in [6.45, 7) is 3.82. The fraction of sp³-hybridized carbons (Fsp3) is 1.00. The SMILES string of the molecule is CCCCCCCCCCC(C)OS(=O)(=O)[O-].[NH4+]. The largest absolute Gasteiger partial charge is 0.726 e. The number of hydrogen-bond acceptors (Lipinski definition) is 4. The van der Waals surface area contributed by atoms with Crippen molar-refractivity contribution in [1.29, 1.82) is 0 Å². The number of quaternary nitrogens is 1. The standard InChI is InChI=1S/C12H26O4S.H3N/c1-3-4-5-6-7-8-9-10-11-12(2)16-17(13,14)15;/h12H,3-11H2,1-2H3,(H,13,14,15);1H3. The van der Waals surface area contributed by atoms with Crippen molar-refractivity contribution in [1.82, 2.24) is 6.15 Å². The Morgan fingerprint density at radius 2 is 1.44 bits per heavy atom. The predicted molar refractivity (Wildman–Crippen MR) is 73.5 cm³/mol. The summed E-state index contributed by atoms with van der Waals surface area (Å²) in [5.74, 6) is 0. The van der Waals surface area contributed by atoms with Crippen LogP contribution in [0.5, 0.6) is 0 Å². The van der Waals surface area contributed by atoms with Crippen LogP contribution in [0.3, 0.4) is 0 Å². The van der Waals surface area contributed by atoms with Crippen LogP contribution in [0.15, 0.2) is 0 Å². The Hall–Kier alpha value is -0.170. The average Bonchev–Trinajstić information content (AvgIpc) is 2.19. The molecule has 0 fully saturated rings. The predicted octanol–water partition coefficient (Wildman–Crippen LogP) is 3.76. The van der Waals surface area contributed by atoms with Crippen LogP contribution in [-0.2, 0) is 14.6 Å². The Labute approximate surface area is 112 Å². The summed E-state index contributed by atoms with van der Waals surface area (Å²) in [5, 5.41) is 0. The first-order chi connectivity index (χ1) is 7.95. The van der Waals surface area contributed by atoms with E-state index in [0.717, 1.165) is 12.8 Å². The van der Waals surface area contributed by atoms with Crippen LogP contribution in [0.4, 0.5) is 0 Å². The third-order valence-electron chi connectivity index (χ3n) is 2.75. The molecule has 0 amide bonds. The number of unbranched alkanes of at least 4 members (excludes halogenated alkanes) is 7. The van der Waals surface area contributed by atoms with E-state index in [-0.39, 0.29) is 6.15 Å². The molecule has 1 atom stereocenters. The van der Waals surface area contributed by atoms with Gasteiger partial charge >= 0.3 is 0 Å². The van der Waals surface area contributed by atoms with E-state index in [1.807, 2.05) is 0 Å². The topological polar surface area (TPSA) is 103 Å². The maximum atomic E-state index is 10.3. The summed E-state index contributed by atoms with van der Waals surface area (Å²) in [4.78, 5) is 0. The molecule has 0 aliphatic heterocycles. The normalized spacial score (nSPS) is 13.1. The lowest BCUT2D eigenvalue weighted by Crippen LogP contribution is -2.14. The zero-order chi connectivity index (χ0) is 13.1. The molecule has 0 aromatic heterocycles. The van der Waals surface area contributed by atoms with Crippen molar-refractivity contribution in [3.63, 3.8) is 0 Å². The van der Waals surface area contributed by atoms with Gasteiger partial charge in [-0.3, -0.25) is 4.18 Å². The van der Waals surface area contributed by atoms with E-state index >= 15 is 0 Å². The van der Waals surface area contributed by atoms with Gasteiger partial charge in [0.05, 0.1) is 6.10 Å². The smallest absolute Gasteiger partial charge is 0.217 e. The molecule has 5 nitrogen and oxygen atoms in total. The number of rotatable bonds is 11. The molecule has 0 bridgehead atoms. The summed E-state index contributed by atoms with van der Waals surface area (Å²) in [6, 6.07) is 0. The van der Waals surface area contributed by atoms with Crippen LogP contribution in [0.25, 0.3) is 0 Å². The molecule has 0 spiro atoms. The van der Waals surface area contributed by atoms with Crippen LogP contribution < -0.4 is 6.15 Å². The summed E-state index contributed by atoms with van der Waals surface area (Å²) in [6.07, 6.45) is 9.75. The highest BCUT2D eigenvalue weighted by Crippen LogP contribution is 2.12. The van der Waals surface area contributed by atoms with E-state index in [9.17, 15) is 13.0 Å². The first-order valence-electron chi connectivity index (χ1n) is 6.60. The van der Waals surface area contributed by atoms with E-state index in [2.05, 4.69) is 11.1 Å². The Morgan fingerprint density at radius 3 is 1.89 bits per heavy atom. The second kappa shape index (κ2) is 11.9. The van der Waals surface area contributed by atoms with Gasteiger partial charge in [-0.25, -0.2) is 8.42 Å². The van der Waals surface area contributed by atoms with Gasteiger partial charge in [-0.05, 0) is 13.3 Å². The summed E-state index contributed by atoms with van der Waals surface area (Å²) in [7, 11) is -4.53. The van der Waals surface area contributed by atoms with Crippen molar-refractivity contribution in [2.75, 3.05) is 0 Å². The van der Waals surface area contributed by atoms with Gasteiger partial charge in [0.25, 0.3) is 0 Å². The maximum Gasteiger partial charge on any atom is 0.217 e. The van der Waals surface area contributed by atoms with E-state index in [1.54, 1.807) is 6.92 Å². The van der Waals surface area contributed by atoms with Crippen molar-refractivity contribution in [3.8, 4) is 0 Å². The molecule has 1 unspecified atom stereocenters. The van der Waals surface area contributed by atoms with E-state index in [1.165, 1.54) is 38.5 Å². The zero-order valence-electron chi connectivity index (χ0n) is 12.0. The first kappa shape index (κ1) is 20.2. The monoisotopic (exact) mass is 283 g/mol. The molecule has 0 saturated heterocycles. The Bertz CT molecular complexity index is 267. The highest BCUT2D eigenvalue weighted by Gasteiger charge is 2.05. The quantitative estimate of drug-likeness (QED) is 0.354. The van der Waals surface area contributed by atoms with Gasteiger partial charge < -0.3 is 10.7 Å². The highest BCUT2D eigenvalue weighted by molar-refractivity contribution is 7.80. The molecular weight excluding hydrogens is 254 g/mol. The minimum atomic E-state index is -4.53. The Kier molecular flexibility index (Phi) is 13.3. The fourth-order valence-electron chi connectivity index (χ4n) is 1.81. The van der Waals surface area contributed by atoms with Gasteiger partial charge in [0.2, 0.25) is 10.4 Å². The summed E-state index contributed by atoms with van der Waals surface area (Å²) < 4.78 is 35.2. The van der Waals surface area contributed by atoms with Crippen molar-refractivity contribution < 1.29 is 17.2 Å². The van der Waals surface area contributed by atoms with Gasteiger partial charge in [-0.15, -0.1) is 0 Å². The highest BCUT2D eigenvalue weighted by atomic mass is 32.3. The summed E-state index contributed by atoms with van der Waals surface area (Å²) in [5.41, 5.74) is 0. The van der Waals surface area contributed by atoms with Crippen LogP contribution in [0, 0.1) is 0 Å². The molecule has 0 rings (SSSR count). The van der Waals surface area contributed by atoms with Gasteiger partial charge in [0.15, 0.2) is 0 Å². The third-order valence-corrected chi connectivity index (χ3v) is 3.31. The lowest BCUT2D eigenvalue weighted by atomic mass is 10.1. The lowest BCUT2D eigenvalue weighted by molar-refractivity contribution is 0.181. The maximum absolute atomic E-state index is 10.3. The molecule has 0 saturated carbocycles. The fourth-order valence-corrected chi connectivity index (χ4v) is 2.31. The molecule has 6 heteroatoms. The molecule has 0 radical (unpaired) electrons. The van der Waals surface area contributed by atoms with Crippen molar-refractivity contribution in [2.24, 2.45) is 0 Å². The van der Waals surface area contributed by atoms with Crippen molar-refractivity contribution >= 4 is 10.4 Å². The van der Waals surface area contributed by atoms with Crippen molar-refractivity contribution in [2.45, 2.75) is 77.7 Å². The minimum Gasteiger partial charge on any atom is -0.726 e. The van der Waals surface area contributed by atoms with E-state index in [0.29, 0.717) is 6.42 Å². The molecule has 0 aliphatic carbocycles. The van der Waals surface area contributed by atoms with E-state index in [4.69, 9.17) is 0 Å². The molecule has 112 valence electrons. The molecule has 18 heavy (non-hydrogen) atoms. The molecular formula is C12H29NO4S. The van der Waals surface area contributed by atoms with Crippen molar-refractivity contribution in [3.05, 3.63) is 0 Å². The van der Waals surface area contributed by atoms with Gasteiger partial charge in [0, 0.05) is 0 Å². The molecule has 0 heterocycles. The van der Waals surface area contributed by atoms with Crippen LogP contribution in [0.2, 0.25) is 0 Å². The molecule has 0 aromatic rings. The van der Waals surface area contributed by atoms with Crippen LogP contribution in [0.1, 0.15) is 71.6 Å². The molecule has 0 aromatic carbocycles. The van der Waals surface area contributed by atoms with E-state index < -0.39 is 16.5 Å². The molecule has 4 N–H and O–H groups in total. The Morgan fingerprint density at radius 1 is 1.00 bits per heavy atom. The van der Waals surface area contributed by atoms with Crippen LogP contribution >= 0.6 is 0 Å². The second-order valence-electron chi connectivity index (χ2n) is 4.58. The lowest BCUT2D eigenvalue weighted by Gasteiger charge is -2.14. The van der Waals surface area contributed by atoms with Crippen LogP contribution in [-0.4, -0.2) is 19.1 Å². The third kappa shape index (κ3) is 15.8. The van der Waals surface area contributed by atoms with Gasteiger partial charge in [-0.2, -0.15) is 0 Å². The second-order valence-corrected chi connectivity index (χ2v) is 5.59. The zero-order valence-corrected chi connectivity index (χ0v) is 12.8. The number of hydrogen-bond donors (Lipinski definition) is 1. The van der Waals surface area contributed by atoms with Gasteiger partial charge in [0.1, 0.15) is 0 Å². The van der Waals surface area contributed by atoms with Gasteiger partial charge in [-0.1, -0.05) is 58.3 Å². The first-order valence-corrected chi connectivity index (χ1v) is 7.93. The molecule has 0 aliphatic rings. The minimum absolute atomic E-state index is 0. The summed E-state index contributed by atoms with van der Waals surface area (Å²) >= 11 is 0.